The molecular formula is C62H96O27. The summed E-state index contributed by atoms with van der Waals surface area (Å²) in [6.45, 7) is 17.7. The normalized spacial score (nSPS) is 49.8. The zero-order chi connectivity index (χ0) is 65.7. The van der Waals surface area contributed by atoms with E-state index in [0.29, 0.717) is 31.3 Å². The van der Waals surface area contributed by atoms with Crippen molar-refractivity contribution in [2.75, 3.05) is 26.4 Å². The van der Waals surface area contributed by atoms with E-state index in [-0.39, 0.29) is 30.3 Å². The summed E-state index contributed by atoms with van der Waals surface area (Å²) in [5, 5.41) is 157. The second-order valence-corrected chi connectivity index (χ2v) is 28.4. The summed E-state index contributed by atoms with van der Waals surface area (Å²) in [6, 6.07) is 0. The van der Waals surface area contributed by atoms with Crippen LogP contribution in [0.2, 0.25) is 0 Å². The van der Waals surface area contributed by atoms with Crippen LogP contribution in [0.5, 0.6) is 0 Å². The van der Waals surface area contributed by atoms with Crippen LogP contribution in [-0.2, 0) is 61.8 Å². The zero-order valence-corrected chi connectivity index (χ0v) is 52.4. The monoisotopic (exact) mass is 1270 g/mol. The van der Waals surface area contributed by atoms with Crippen LogP contribution < -0.4 is 0 Å². The predicted molar refractivity (Wildman–Crippen MR) is 303 cm³/mol. The van der Waals surface area contributed by atoms with E-state index in [4.69, 9.17) is 47.4 Å². The molecule has 8 fully saturated rings. The van der Waals surface area contributed by atoms with Crippen LogP contribution in [0.25, 0.3) is 0 Å². The van der Waals surface area contributed by atoms with Gasteiger partial charge in [-0.15, -0.1) is 0 Å². The number of carboxylic acids is 1. The Morgan fingerprint density at radius 1 is 0.607 bits per heavy atom. The van der Waals surface area contributed by atoms with Crippen LogP contribution >= 0.6 is 0 Å². The lowest BCUT2D eigenvalue weighted by Crippen LogP contribution is -2.76. The maximum absolute atomic E-state index is 13.9. The molecular weight excluding hydrogens is 1180 g/mol. The van der Waals surface area contributed by atoms with Crippen LogP contribution in [0.15, 0.2) is 34.9 Å². The number of hydrogen-bond acceptors (Lipinski definition) is 26. The number of fused-ring (bicyclic) bond motifs is 7. The number of aliphatic hydroxyl groups excluding tert-OH is 13. The molecule has 9 rings (SSSR count). The maximum atomic E-state index is 13.9. The van der Waals surface area contributed by atoms with Gasteiger partial charge in [-0.05, 0) is 100 Å². The predicted octanol–water partition coefficient (Wildman–Crippen LogP) is -1.27. The summed E-state index contributed by atoms with van der Waals surface area (Å²) in [5.74, 6) is -4.23. The van der Waals surface area contributed by atoms with E-state index in [0.717, 1.165) is 5.57 Å². The number of aliphatic hydroxyl groups is 13. The fraction of sp³-hybridized carbons (Fsp3) is 0.855. The second-order valence-electron chi connectivity index (χ2n) is 28.4. The Morgan fingerprint density at radius 2 is 1.18 bits per heavy atom. The SMILES string of the molecule is C/C=C(\C)C(=O)O[C@H]1[C@H](OC(=O)/C(C)=C/C)[C@@]2(CO)C(CC1(C)C)C1=CCC3[C@@]4(C)CC[C@H](O[C@@H]5O[C@H](C(=O)O)[C@@H](O)[C@H](O[C@H]6OC[C@H](O)[C@H](O)[C@H]6O[C@@H]6OC[C@@H](O)[C@H](O)[C@H]6O)[C@H]5O[C@@H]5O[C@H](CO)[C@H](O)[C@H](O)[C@H]5O)C(C)(C)C4CC[C@@]3(C)[C@]1(C)[C@@H](O)[C@H]2O. The van der Waals surface area contributed by atoms with Gasteiger partial charge in [-0.25, -0.2) is 14.4 Å². The smallest absolute Gasteiger partial charge is 0.335 e. The van der Waals surface area contributed by atoms with Crippen LogP contribution in [0.1, 0.15) is 115 Å². The van der Waals surface area contributed by atoms with Crippen LogP contribution in [0, 0.1) is 50.2 Å². The van der Waals surface area contributed by atoms with Gasteiger partial charge in [0.25, 0.3) is 0 Å². The van der Waals surface area contributed by atoms with Crippen molar-refractivity contribution >= 4 is 17.9 Å². The first-order valence-electron chi connectivity index (χ1n) is 31.1. The molecule has 0 aromatic carbocycles. The first-order valence-corrected chi connectivity index (χ1v) is 31.1. The number of hydrogen-bond donors (Lipinski definition) is 14. The van der Waals surface area contributed by atoms with Crippen LogP contribution in [0.4, 0.5) is 0 Å². The molecule has 0 aromatic heterocycles. The van der Waals surface area contributed by atoms with Gasteiger partial charge in [0, 0.05) is 22.0 Å². The van der Waals surface area contributed by atoms with Gasteiger partial charge in [0.2, 0.25) is 0 Å². The number of allylic oxidation sites excluding steroid dienone is 3. The molecule has 0 bridgehead atoms. The molecule has 4 saturated heterocycles. The topological polar surface area (TPSA) is 427 Å². The highest BCUT2D eigenvalue weighted by Gasteiger charge is 2.76. The van der Waals surface area contributed by atoms with Crippen molar-refractivity contribution in [3.8, 4) is 0 Å². The Hall–Kier alpha value is -3.21. The molecule has 27 heteroatoms. The summed E-state index contributed by atoms with van der Waals surface area (Å²) < 4.78 is 61.2. The standard InChI is InChI=1S/C62H96O27/c1-12-25(3)51(78)88-48-49(89-52(79)26(4)13-2)62(24-64)28(20-57(48,5)6)27-14-15-33-59(9)18-17-34(58(7,8)32(59)16-19-60(33,10)61(27,11)46(74)47(62)75)83-56-45(87-54-40(72)38(70)37(69)31(21-63)82-54)42(41(73)43(85-56)50(76)77)84-55-44(36(68)30(66)23-81-55)86-53-39(71)35(67)29(65)22-80-53/h12-14,28-49,53-56,63-75H,15-24H2,1-11H3,(H,76,77)/b25-12+,26-13+/t28?,29-,30+,31-,32?,33?,34+,35+,36+,37+,38+,39-,40-,41+,42+,43+,44-,45-,46+,47-,48+,49+,53+,54+,55-,56-,59+,60-,61+,62+/m1/s1. The number of aliphatic carboxylic acids is 1. The molecule has 30 atom stereocenters. The van der Waals surface area contributed by atoms with Gasteiger partial charge in [0.05, 0.1) is 50.2 Å². The number of rotatable bonds is 15. The van der Waals surface area contributed by atoms with Gasteiger partial charge in [-0.1, -0.05) is 72.3 Å². The van der Waals surface area contributed by atoms with Crippen molar-refractivity contribution < 1.29 is 133 Å². The van der Waals surface area contributed by atoms with E-state index >= 15 is 0 Å². The molecule has 0 spiro atoms. The third kappa shape index (κ3) is 11.5. The van der Waals surface area contributed by atoms with E-state index in [9.17, 15) is 85.9 Å². The third-order valence-corrected chi connectivity index (χ3v) is 23.0. The second kappa shape index (κ2) is 25.8. The average Bonchev–Trinajstić information content (AvgIpc) is 0.677. The first kappa shape index (κ1) is 70.1. The Kier molecular flexibility index (Phi) is 20.4. The summed E-state index contributed by atoms with van der Waals surface area (Å²) in [4.78, 5) is 40.7. The minimum Gasteiger partial charge on any atom is -0.479 e. The van der Waals surface area contributed by atoms with E-state index in [1.165, 1.54) is 0 Å². The zero-order valence-electron chi connectivity index (χ0n) is 52.4. The number of esters is 2. The minimum atomic E-state index is -2.24. The summed E-state index contributed by atoms with van der Waals surface area (Å²) >= 11 is 0. The van der Waals surface area contributed by atoms with Crippen molar-refractivity contribution in [3.63, 3.8) is 0 Å². The molecule has 4 aliphatic heterocycles. The van der Waals surface area contributed by atoms with Gasteiger partial charge < -0.3 is 119 Å². The molecule has 0 radical (unpaired) electrons. The number of carbonyl (C=O) groups is 3. The van der Waals surface area contributed by atoms with Crippen molar-refractivity contribution in [2.24, 2.45) is 50.2 Å². The molecule has 14 N–H and O–H groups in total. The first-order chi connectivity index (χ1) is 41.6. The van der Waals surface area contributed by atoms with Crippen LogP contribution in [-0.4, -0.2) is 257 Å². The van der Waals surface area contributed by atoms with Gasteiger partial charge in [-0.3, -0.25) is 0 Å². The lowest BCUT2D eigenvalue weighted by Gasteiger charge is -2.73. The highest BCUT2D eigenvalue weighted by atomic mass is 16.8. The molecule has 4 saturated carbocycles. The van der Waals surface area contributed by atoms with Crippen molar-refractivity contribution in [1.29, 1.82) is 0 Å². The number of carboxylic acid groups (broad SMARTS) is 1. The van der Waals surface area contributed by atoms with Crippen molar-refractivity contribution in [3.05, 3.63) is 34.9 Å². The number of ether oxygens (including phenoxy) is 10. The van der Waals surface area contributed by atoms with Gasteiger partial charge in [0.1, 0.15) is 85.5 Å². The summed E-state index contributed by atoms with van der Waals surface area (Å²) in [5.41, 5.74) is -4.71. The molecule has 27 nitrogen and oxygen atoms in total. The lowest BCUT2D eigenvalue weighted by atomic mass is 9.32. The highest BCUT2D eigenvalue weighted by molar-refractivity contribution is 5.89. The van der Waals surface area contributed by atoms with Gasteiger partial charge >= 0.3 is 17.9 Å². The van der Waals surface area contributed by atoms with Crippen molar-refractivity contribution in [2.45, 2.75) is 256 Å². The Labute approximate surface area is 517 Å². The molecule has 4 heterocycles. The van der Waals surface area contributed by atoms with E-state index in [1.54, 1.807) is 39.8 Å². The third-order valence-electron chi connectivity index (χ3n) is 23.0. The molecule has 89 heavy (non-hydrogen) atoms. The molecule has 9 aliphatic rings. The Morgan fingerprint density at radius 3 is 1.78 bits per heavy atom. The largest absolute Gasteiger partial charge is 0.479 e. The quantitative estimate of drug-likeness (QED) is 0.0393. The average molecular weight is 1270 g/mol. The fourth-order valence-corrected chi connectivity index (χ4v) is 17.3. The maximum Gasteiger partial charge on any atom is 0.335 e. The van der Waals surface area contributed by atoms with E-state index < -0.39 is 224 Å². The lowest BCUT2D eigenvalue weighted by molar-refractivity contribution is -0.399. The minimum absolute atomic E-state index is 0.197. The van der Waals surface area contributed by atoms with Crippen molar-refractivity contribution in [1.82, 2.24) is 0 Å². The number of carbonyl (C=O) groups excluding carboxylic acids is 2. The Bertz CT molecular complexity index is 2660. The summed E-state index contributed by atoms with van der Waals surface area (Å²) in [7, 11) is 0. The van der Waals surface area contributed by atoms with Gasteiger partial charge in [-0.2, -0.15) is 0 Å². The van der Waals surface area contributed by atoms with Gasteiger partial charge in [0.15, 0.2) is 37.4 Å². The van der Waals surface area contributed by atoms with Crippen LogP contribution in [0.3, 0.4) is 0 Å². The highest BCUT2D eigenvalue weighted by Crippen LogP contribution is 2.76. The summed E-state index contributed by atoms with van der Waals surface area (Å²) in [6.07, 6.45) is -33.0. The van der Waals surface area contributed by atoms with E-state index in [1.807, 2.05) is 34.6 Å². The Balaban J connectivity index is 1.05. The van der Waals surface area contributed by atoms with E-state index in [2.05, 4.69) is 19.9 Å². The molecule has 0 aromatic rings. The molecule has 506 valence electrons. The fourth-order valence-electron chi connectivity index (χ4n) is 17.3. The molecule has 3 unspecified atom stereocenters. The molecule has 0 amide bonds. The molecule has 5 aliphatic carbocycles.